The van der Waals surface area contributed by atoms with Crippen LogP contribution in [0.25, 0.3) is 0 Å². The van der Waals surface area contributed by atoms with Gasteiger partial charge < -0.3 is 20.3 Å². The average molecular weight is 295 g/mol. The maximum atomic E-state index is 11.5. The fourth-order valence-corrected chi connectivity index (χ4v) is 1.54. The number of carbonyl (C=O) groups is 3. The van der Waals surface area contributed by atoms with Crippen molar-refractivity contribution in [1.29, 1.82) is 0 Å². The van der Waals surface area contributed by atoms with E-state index >= 15 is 0 Å². The molecule has 0 bridgehead atoms. The van der Waals surface area contributed by atoms with Crippen LogP contribution in [-0.4, -0.2) is 40.7 Å². The number of aliphatic carboxylic acids is 2. The van der Waals surface area contributed by atoms with Crippen LogP contribution in [0.5, 0.6) is 5.75 Å². The third-order valence-electron chi connectivity index (χ3n) is 2.63. The van der Waals surface area contributed by atoms with Crippen molar-refractivity contribution < 1.29 is 29.3 Å². The summed E-state index contributed by atoms with van der Waals surface area (Å²) < 4.78 is 5.33. The topological polar surface area (TPSA) is 113 Å². The molecular formula is C14H17NO6. The molecule has 0 radical (unpaired) electrons. The highest BCUT2D eigenvalue weighted by Gasteiger charge is 2.22. The number of carboxylic acid groups (broad SMARTS) is 2. The van der Waals surface area contributed by atoms with Gasteiger partial charge in [0.25, 0.3) is 0 Å². The summed E-state index contributed by atoms with van der Waals surface area (Å²) in [6, 6.07) is 5.82. The Morgan fingerprint density at radius 3 is 2.33 bits per heavy atom. The van der Waals surface area contributed by atoms with Crippen molar-refractivity contribution in [2.24, 2.45) is 0 Å². The fourth-order valence-electron chi connectivity index (χ4n) is 1.54. The first-order valence-corrected chi connectivity index (χ1v) is 6.32. The number of nitrogens with one attached hydrogen (secondary N) is 1. The monoisotopic (exact) mass is 295 g/mol. The van der Waals surface area contributed by atoms with E-state index in [0.29, 0.717) is 5.75 Å². The maximum Gasteiger partial charge on any atom is 0.326 e. The molecule has 0 aliphatic heterocycles. The molecule has 0 fully saturated rings. The number of hydrogen-bond acceptors (Lipinski definition) is 4. The van der Waals surface area contributed by atoms with Gasteiger partial charge in [-0.15, -0.1) is 0 Å². The van der Waals surface area contributed by atoms with Gasteiger partial charge in [0.05, 0.1) is 19.4 Å². The third kappa shape index (κ3) is 6.42. The lowest BCUT2D eigenvalue weighted by Gasteiger charge is -2.12. The van der Waals surface area contributed by atoms with Crippen molar-refractivity contribution >= 4 is 17.8 Å². The minimum atomic E-state index is -1.44. The Kier molecular flexibility index (Phi) is 6.19. The van der Waals surface area contributed by atoms with Gasteiger partial charge in [0.1, 0.15) is 11.8 Å². The van der Waals surface area contributed by atoms with Crippen LogP contribution in [0.3, 0.4) is 0 Å². The minimum Gasteiger partial charge on any atom is -0.493 e. The van der Waals surface area contributed by atoms with Crippen LogP contribution in [0.4, 0.5) is 0 Å². The summed E-state index contributed by atoms with van der Waals surface area (Å²) in [7, 11) is 0. The number of rotatable bonds is 8. The van der Waals surface area contributed by atoms with Gasteiger partial charge in [-0.3, -0.25) is 9.59 Å². The van der Waals surface area contributed by atoms with Crippen LogP contribution >= 0.6 is 0 Å². The van der Waals surface area contributed by atoms with Crippen molar-refractivity contribution in [3.8, 4) is 5.75 Å². The summed E-state index contributed by atoms with van der Waals surface area (Å²) >= 11 is 0. The molecule has 3 N–H and O–H groups in total. The Labute approximate surface area is 121 Å². The predicted octanol–water partition coefficient (Wildman–Crippen LogP) is 0.808. The smallest absolute Gasteiger partial charge is 0.326 e. The van der Waals surface area contributed by atoms with E-state index in [4.69, 9.17) is 14.9 Å². The number of carboxylic acids is 2. The molecule has 0 heterocycles. The normalized spacial score (nSPS) is 11.5. The molecule has 1 aromatic carbocycles. The fraction of sp³-hybridized carbons (Fsp3) is 0.357. The van der Waals surface area contributed by atoms with E-state index in [-0.39, 0.29) is 13.0 Å². The molecule has 0 saturated heterocycles. The van der Waals surface area contributed by atoms with Crippen molar-refractivity contribution in [1.82, 2.24) is 5.32 Å². The Hall–Kier alpha value is -2.57. The molecule has 114 valence electrons. The number of ether oxygens (including phenoxy) is 1. The molecule has 0 spiro atoms. The molecule has 21 heavy (non-hydrogen) atoms. The SMILES string of the molecule is Cc1ccc(OCCC(=O)N[C@H](CC(=O)O)C(=O)O)cc1. The molecule has 7 nitrogen and oxygen atoms in total. The lowest BCUT2D eigenvalue weighted by Crippen LogP contribution is -2.42. The summed E-state index contributed by atoms with van der Waals surface area (Å²) in [6.07, 6.45) is -0.725. The molecule has 0 saturated carbocycles. The molecule has 1 aromatic rings. The largest absolute Gasteiger partial charge is 0.493 e. The Morgan fingerprint density at radius 1 is 1.19 bits per heavy atom. The standard InChI is InChI=1S/C14H17NO6/c1-9-2-4-10(5-3-9)21-7-6-12(16)15-11(14(19)20)8-13(17)18/h2-5,11H,6-8H2,1H3,(H,15,16)(H,17,18)(H,19,20)/t11-/m1/s1. The number of aryl methyl sites for hydroxylation is 1. The quantitative estimate of drug-likeness (QED) is 0.654. The first-order chi connectivity index (χ1) is 9.88. The first-order valence-electron chi connectivity index (χ1n) is 6.32. The molecule has 0 aliphatic carbocycles. The zero-order valence-electron chi connectivity index (χ0n) is 11.5. The van der Waals surface area contributed by atoms with E-state index in [1.54, 1.807) is 12.1 Å². The summed E-state index contributed by atoms with van der Waals surface area (Å²) in [5, 5.41) is 19.5. The van der Waals surface area contributed by atoms with E-state index in [9.17, 15) is 14.4 Å². The molecule has 0 unspecified atom stereocenters. The number of benzene rings is 1. The van der Waals surface area contributed by atoms with Gasteiger partial charge in [-0.1, -0.05) is 17.7 Å². The second-order valence-electron chi connectivity index (χ2n) is 4.47. The van der Waals surface area contributed by atoms with Crippen molar-refractivity contribution in [2.45, 2.75) is 25.8 Å². The third-order valence-corrected chi connectivity index (χ3v) is 2.63. The second-order valence-corrected chi connectivity index (χ2v) is 4.47. The molecular weight excluding hydrogens is 278 g/mol. The van der Waals surface area contributed by atoms with Gasteiger partial charge in [0.2, 0.25) is 5.91 Å². The number of amides is 1. The molecule has 1 rings (SSSR count). The van der Waals surface area contributed by atoms with Crippen LogP contribution in [0.15, 0.2) is 24.3 Å². The second kappa shape index (κ2) is 7.88. The first kappa shape index (κ1) is 16.5. The van der Waals surface area contributed by atoms with E-state index in [2.05, 4.69) is 5.32 Å². The van der Waals surface area contributed by atoms with Crippen molar-refractivity contribution in [3.63, 3.8) is 0 Å². The van der Waals surface area contributed by atoms with Gasteiger partial charge in [0, 0.05) is 0 Å². The van der Waals surface area contributed by atoms with Crippen LogP contribution in [0.2, 0.25) is 0 Å². The van der Waals surface area contributed by atoms with E-state index < -0.39 is 30.3 Å². The van der Waals surface area contributed by atoms with Crippen LogP contribution < -0.4 is 10.1 Å². The van der Waals surface area contributed by atoms with Crippen LogP contribution in [-0.2, 0) is 14.4 Å². The van der Waals surface area contributed by atoms with Gasteiger partial charge >= 0.3 is 11.9 Å². The summed E-state index contributed by atoms with van der Waals surface area (Å²) in [5.74, 6) is -2.65. The summed E-state index contributed by atoms with van der Waals surface area (Å²) in [6.45, 7) is 2.01. The Bertz CT molecular complexity index is 511. The molecule has 0 aliphatic rings. The molecule has 0 aromatic heterocycles. The van der Waals surface area contributed by atoms with E-state index in [0.717, 1.165) is 5.56 Å². The summed E-state index contributed by atoms with van der Waals surface area (Å²) in [5.41, 5.74) is 1.08. The van der Waals surface area contributed by atoms with E-state index in [1.807, 2.05) is 19.1 Å². The molecule has 7 heteroatoms. The number of hydrogen-bond donors (Lipinski definition) is 3. The highest BCUT2D eigenvalue weighted by molar-refractivity contribution is 5.86. The highest BCUT2D eigenvalue weighted by Crippen LogP contribution is 2.11. The zero-order valence-corrected chi connectivity index (χ0v) is 11.5. The van der Waals surface area contributed by atoms with Gasteiger partial charge in [-0.25, -0.2) is 4.79 Å². The minimum absolute atomic E-state index is 0.0583. The lowest BCUT2D eigenvalue weighted by molar-refractivity contribution is -0.147. The van der Waals surface area contributed by atoms with Gasteiger partial charge in [0.15, 0.2) is 0 Å². The summed E-state index contributed by atoms with van der Waals surface area (Å²) in [4.78, 5) is 32.8. The Balaban J connectivity index is 2.37. The highest BCUT2D eigenvalue weighted by atomic mass is 16.5. The van der Waals surface area contributed by atoms with Crippen LogP contribution in [0, 0.1) is 6.92 Å². The van der Waals surface area contributed by atoms with Crippen molar-refractivity contribution in [3.05, 3.63) is 29.8 Å². The van der Waals surface area contributed by atoms with Gasteiger partial charge in [-0.05, 0) is 19.1 Å². The van der Waals surface area contributed by atoms with Gasteiger partial charge in [-0.2, -0.15) is 0 Å². The maximum absolute atomic E-state index is 11.5. The molecule has 1 amide bonds. The van der Waals surface area contributed by atoms with Crippen molar-refractivity contribution in [2.75, 3.05) is 6.61 Å². The molecule has 1 atom stereocenters. The zero-order chi connectivity index (χ0) is 15.8. The van der Waals surface area contributed by atoms with E-state index in [1.165, 1.54) is 0 Å². The van der Waals surface area contributed by atoms with Crippen LogP contribution in [0.1, 0.15) is 18.4 Å². The number of carbonyl (C=O) groups excluding carboxylic acids is 1. The lowest BCUT2D eigenvalue weighted by atomic mass is 10.2. The predicted molar refractivity (Wildman–Crippen MR) is 73.1 cm³/mol. The Morgan fingerprint density at radius 2 is 1.81 bits per heavy atom. The average Bonchev–Trinajstić information content (AvgIpc) is 2.39.